The van der Waals surface area contributed by atoms with E-state index in [1.807, 2.05) is 13.1 Å². The van der Waals surface area contributed by atoms with E-state index in [0.29, 0.717) is 19.0 Å². The first-order valence-electron chi connectivity index (χ1n) is 6.28. The van der Waals surface area contributed by atoms with E-state index in [1.54, 1.807) is 12.1 Å². The molecule has 0 aromatic heterocycles. The molecule has 1 heterocycles. The van der Waals surface area contributed by atoms with E-state index >= 15 is 0 Å². The number of hydrogen-bond donors (Lipinski definition) is 1. The first-order chi connectivity index (χ1) is 8.72. The standard InChI is InChI=1S/C14H20FNO2/c1-16-7-3-6-14(9-18-10-14)11-4-5-13(17-2)12(15)8-11/h4-5,8,16H,3,6-7,9-10H2,1-2H3. The van der Waals surface area contributed by atoms with Crippen molar-refractivity contribution >= 4 is 0 Å². The minimum absolute atomic E-state index is 0.00996. The van der Waals surface area contributed by atoms with Crippen molar-refractivity contribution in [2.45, 2.75) is 18.3 Å². The SMILES string of the molecule is CNCCCC1(c2ccc(OC)c(F)c2)COC1. The largest absolute Gasteiger partial charge is 0.494 e. The lowest BCUT2D eigenvalue weighted by atomic mass is 9.75. The molecule has 1 aromatic carbocycles. The summed E-state index contributed by atoms with van der Waals surface area (Å²) in [5.74, 6) is -0.000687. The minimum Gasteiger partial charge on any atom is -0.494 e. The zero-order chi connectivity index (χ0) is 13.0. The van der Waals surface area contributed by atoms with Crippen LogP contribution in [0, 0.1) is 5.82 Å². The Bertz CT molecular complexity index is 405. The smallest absolute Gasteiger partial charge is 0.165 e. The van der Waals surface area contributed by atoms with Gasteiger partial charge in [0, 0.05) is 5.41 Å². The Labute approximate surface area is 107 Å². The first-order valence-corrected chi connectivity index (χ1v) is 6.28. The molecule has 1 aromatic rings. The fourth-order valence-electron chi connectivity index (χ4n) is 2.40. The van der Waals surface area contributed by atoms with Crippen LogP contribution in [-0.2, 0) is 10.2 Å². The Kier molecular flexibility index (Phi) is 4.19. The number of halogens is 1. The van der Waals surface area contributed by atoms with Crippen LogP contribution in [0.3, 0.4) is 0 Å². The molecule has 0 bridgehead atoms. The van der Waals surface area contributed by atoms with E-state index in [9.17, 15) is 4.39 Å². The molecule has 2 rings (SSSR count). The Hall–Kier alpha value is -1.13. The van der Waals surface area contributed by atoms with Crippen molar-refractivity contribution < 1.29 is 13.9 Å². The average Bonchev–Trinajstić information content (AvgIpc) is 2.32. The van der Waals surface area contributed by atoms with Crippen molar-refractivity contribution in [2.75, 3.05) is 33.9 Å². The molecular weight excluding hydrogens is 233 g/mol. The van der Waals surface area contributed by atoms with Crippen LogP contribution in [0.4, 0.5) is 4.39 Å². The summed E-state index contributed by atoms with van der Waals surface area (Å²) in [6, 6.07) is 5.23. The molecule has 100 valence electrons. The molecule has 1 saturated heterocycles. The maximum atomic E-state index is 13.8. The molecule has 0 atom stereocenters. The van der Waals surface area contributed by atoms with Crippen molar-refractivity contribution in [3.63, 3.8) is 0 Å². The molecule has 1 fully saturated rings. The van der Waals surface area contributed by atoms with Gasteiger partial charge in [-0.2, -0.15) is 0 Å². The van der Waals surface area contributed by atoms with Crippen LogP contribution < -0.4 is 10.1 Å². The van der Waals surface area contributed by atoms with Gasteiger partial charge in [0.25, 0.3) is 0 Å². The summed E-state index contributed by atoms with van der Waals surface area (Å²) in [6.45, 7) is 2.34. The van der Waals surface area contributed by atoms with E-state index in [1.165, 1.54) is 7.11 Å². The predicted molar refractivity (Wildman–Crippen MR) is 68.6 cm³/mol. The van der Waals surface area contributed by atoms with Crippen LogP contribution >= 0.6 is 0 Å². The first kappa shape index (κ1) is 13.3. The van der Waals surface area contributed by atoms with Gasteiger partial charge in [0.2, 0.25) is 0 Å². The third-order valence-electron chi connectivity index (χ3n) is 3.60. The molecule has 0 saturated carbocycles. The van der Waals surface area contributed by atoms with Crippen molar-refractivity contribution in [1.82, 2.24) is 5.32 Å². The van der Waals surface area contributed by atoms with Gasteiger partial charge in [-0.25, -0.2) is 4.39 Å². The van der Waals surface area contributed by atoms with Crippen molar-refractivity contribution in [3.05, 3.63) is 29.6 Å². The summed E-state index contributed by atoms with van der Waals surface area (Å²) in [6.07, 6.45) is 2.08. The number of rotatable bonds is 6. The van der Waals surface area contributed by atoms with Gasteiger partial charge in [-0.1, -0.05) is 6.07 Å². The highest BCUT2D eigenvalue weighted by molar-refractivity contribution is 5.35. The summed E-state index contributed by atoms with van der Waals surface area (Å²) >= 11 is 0. The van der Waals surface area contributed by atoms with E-state index in [0.717, 1.165) is 24.9 Å². The van der Waals surface area contributed by atoms with Gasteiger partial charge >= 0.3 is 0 Å². The topological polar surface area (TPSA) is 30.5 Å². The van der Waals surface area contributed by atoms with E-state index < -0.39 is 0 Å². The highest BCUT2D eigenvalue weighted by Crippen LogP contribution is 2.38. The van der Waals surface area contributed by atoms with Crippen LogP contribution in [0.5, 0.6) is 5.75 Å². The highest BCUT2D eigenvalue weighted by atomic mass is 19.1. The molecule has 0 amide bonds. The lowest BCUT2D eigenvalue weighted by Gasteiger charge is -2.42. The Morgan fingerprint density at radius 1 is 1.44 bits per heavy atom. The Balaban J connectivity index is 2.14. The van der Waals surface area contributed by atoms with Crippen molar-refractivity contribution in [1.29, 1.82) is 0 Å². The normalized spacial score (nSPS) is 17.3. The zero-order valence-electron chi connectivity index (χ0n) is 11.0. The van der Waals surface area contributed by atoms with Crippen molar-refractivity contribution in [2.24, 2.45) is 0 Å². The van der Waals surface area contributed by atoms with Gasteiger partial charge in [0.15, 0.2) is 11.6 Å². The summed E-state index contributed by atoms with van der Waals surface area (Å²) < 4.78 is 24.0. The van der Waals surface area contributed by atoms with E-state index in [4.69, 9.17) is 9.47 Å². The second-order valence-corrected chi connectivity index (χ2v) is 4.83. The van der Waals surface area contributed by atoms with Crippen LogP contribution in [0.1, 0.15) is 18.4 Å². The van der Waals surface area contributed by atoms with Gasteiger partial charge in [0.1, 0.15) is 0 Å². The molecule has 1 aliphatic heterocycles. The van der Waals surface area contributed by atoms with Crippen molar-refractivity contribution in [3.8, 4) is 5.75 Å². The molecule has 1 N–H and O–H groups in total. The van der Waals surface area contributed by atoms with Crippen LogP contribution in [-0.4, -0.2) is 33.9 Å². The number of benzene rings is 1. The third kappa shape index (κ3) is 2.49. The number of methoxy groups -OCH3 is 1. The second kappa shape index (κ2) is 5.67. The van der Waals surface area contributed by atoms with E-state index in [-0.39, 0.29) is 11.2 Å². The summed E-state index contributed by atoms with van der Waals surface area (Å²) in [7, 11) is 3.42. The molecule has 3 nitrogen and oxygen atoms in total. The Morgan fingerprint density at radius 3 is 2.72 bits per heavy atom. The average molecular weight is 253 g/mol. The summed E-state index contributed by atoms with van der Waals surface area (Å²) in [5.41, 5.74) is 1.01. The predicted octanol–water partition coefficient (Wildman–Crippen LogP) is 2.10. The maximum Gasteiger partial charge on any atom is 0.165 e. The monoisotopic (exact) mass is 253 g/mol. The minimum atomic E-state index is -0.296. The molecule has 0 unspecified atom stereocenters. The lowest BCUT2D eigenvalue weighted by molar-refractivity contribution is -0.0652. The van der Waals surface area contributed by atoms with Crippen LogP contribution in [0.15, 0.2) is 18.2 Å². The molecule has 0 spiro atoms. The fourth-order valence-corrected chi connectivity index (χ4v) is 2.40. The number of hydrogen-bond acceptors (Lipinski definition) is 3. The molecule has 0 aliphatic carbocycles. The molecular formula is C14H20FNO2. The highest BCUT2D eigenvalue weighted by Gasteiger charge is 2.40. The molecule has 4 heteroatoms. The maximum absolute atomic E-state index is 13.8. The zero-order valence-corrected chi connectivity index (χ0v) is 11.0. The van der Waals surface area contributed by atoms with Crippen LogP contribution in [0.25, 0.3) is 0 Å². The fraction of sp³-hybridized carbons (Fsp3) is 0.571. The van der Waals surface area contributed by atoms with Gasteiger partial charge in [-0.05, 0) is 44.1 Å². The van der Waals surface area contributed by atoms with Crippen LogP contribution in [0.2, 0.25) is 0 Å². The number of ether oxygens (including phenoxy) is 2. The van der Waals surface area contributed by atoms with Gasteiger partial charge in [0.05, 0.1) is 20.3 Å². The Morgan fingerprint density at radius 2 is 2.22 bits per heavy atom. The lowest BCUT2D eigenvalue weighted by Crippen LogP contribution is -2.47. The molecule has 1 aliphatic rings. The van der Waals surface area contributed by atoms with Gasteiger partial charge < -0.3 is 14.8 Å². The third-order valence-corrected chi connectivity index (χ3v) is 3.60. The molecule has 18 heavy (non-hydrogen) atoms. The summed E-state index contributed by atoms with van der Waals surface area (Å²) in [4.78, 5) is 0. The summed E-state index contributed by atoms with van der Waals surface area (Å²) in [5, 5.41) is 3.13. The van der Waals surface area contributed by atoms with Gasteiger partial charge in [-0.15, -0.1) is 0 Å². The number of nitrogens with one attached hydrogen (secondary N) is 1. The quantitative estimate of drug-likeness (QED) is 0.788. The van der Waals surface area contributed by atoms with E-state index in [2.05, 4.69) is 5.32 Å². The van der Waals surface area contributed by atoms with Gasteiger partial charge in [-0.3, -0.25) is 0 Å². The molecule has 0 radical (unpaired) electrons. The second-order valence-electron chi connectivity index (χ2n) is 4.83.